The zero-order chi connectivity index (χ0) is 24.5. The van der Waals surface area contributed by atoms with Crippen LogP contribution in [0.15, 0.2) is 41.3 Å². The van der Waals surface area contributed by atoms with E-state index in [1.807, 2.05) is 4.90 Å². The van der Waals surface area contributed by atoms with Gasteiger partial charge in [0.25, 0.3) is 5.69 Å². The number of anilines is 1. The molecule has 1 N–H and O–H groups in total. The van der Waals surface area contributed by atoms with Gasteiger partial charge in [-0.15, -0.1) is 0 Å². The minimum atomic E-state index is -3.73. The molecule has 11 nitrogen and oxygen atoms in total. The average molecular weight is 511 g/mol. The summed E-state index contributed by atoms with van der Waals surface area (Å²) in [6, 6.07) is 7.80. The van der Waals surface area contributed by atoms with Gasteiger partial charge in [0.15, 0.2) is 11.5 Å². The Morgan fingerprint density at radius 1 is 1.09 bits per heavy atom. The number of hydrogen-bond acceptors (Lipinski definition) is 8. The first-order chi connectivity index (χ1) is 16.2. The minimum absolute atomic E-state index is 0.0603. The molecule has 182 valence electrons. The van der Waals surface area contributed by atoms with Gasteiger partial charge in [-0.25, -0.2) is 8.42 Å². The molecule has 0 spiro atoms. The van der Waals surface area contributed by atoms with Crippen molar-refractivity contribution in [1.82, 2.24) is 9.21 Å². The van der Waals surface area contributed by atoms with Crippen LogP contribution < -0.4 is 14.8 Å². The molecule has 1 amide bonds. The van der Waals surface area contributed by atoms with Gasteiger partial charge in [-0.05, 0) is 25.1 Å². The Kier molecular flexibility index (Phi) is 6.94. The lowest BCUT2D eigenvalue weighted by Crippen LogP contribution is -2.53. The Balaban J connectivity index is 1.37. The lowest BCUT2D eigenvalue weighted by Gasteiger charge is -2.36. The molecule has 2 aromatic rings. The van der Waals surface area contributed by atoms with Crippen LogP contribution in [0.3, 0.4) is 0 Å². The van der Waals surface area contributed by atoms with Crippen molar-refractivity contribution < 1.29 is 27.6 Å². The quantitative estimate of drug-likeness (QED) is 0.462. The number of carbonyl (C=O) groups is 1. The molecule has 0 aromatic heterocycles. The number of non-ortho nitro benzene ring substituents is 1. The number of benzene rings is 2. The molecule has 2 aliphatic heterocycles. The number of carbonyl (C=O) groups excluding carboxylic acids is 1. The van der Waals surface area contributed by atoms with Crippen LogP contribution in [0.4, 0.5) is 11.4 Å². The number of sulfonamides is 1. The van der Waals surface area contributed by atoms with Crippen molar-refractivity contribution in [2.45, 2.75) is 17.9 Å². The molecule has 1 atom stereocenters. The number of nitrogens with zero attached hydrogens (tertiary/aromatic N) is 3. The second-order valence-corrected chi connectivity index (χ2v) is 10.2. The molecule has 2 aromatic carbocycles. The van der Waals surface area contributed by atoms with Crippen LogP contribution in [-0.4, -0.2) is 73.9 Å². The fourth-order valence-corrected chi connectivity index (χ4v) is 5.45. The Morgan fingerprint density at radius 2 is 1.76 bits per heavy atom. The summed E-state index contributed by atoms with van der Waals surface area (Å²) in [5.74, 6) is 0.572. The van der Waals surface area contributed by atoms with Gasteiger partial charge in [-0.1, -0.05) is 11.6 Å². The second-order valence-electron chi connectivity index (χ2n) is 7.83. The van der Waals surface area contributed by atoms with Gasteiger partial charge in [-0.3, -0.25) is 19.8 Å². The van der Waals surface area contributed by atoms with Gasteiger partial charge < -0.3 is 14.8 Å². The molecule has 0 radical (unpaired) electrons. The van der Waals surface area contributed by atoms with Gasteiger partial charge >= 0.3 is 0 Å². The van der Waals surface area contributed by atoms with Crippen molar-refractivity contribution in [2.75, 3.05) is 44.7 Å². The first-order valence-corrected chi connectivity index (χ1v) is 12.4. The molecule has 34 heavy (non-hydrogen) atoms. The van der Waals surface area contributed by atoms with E-state index in [2.05, 4.69) is 5.32 Å². The zero-order valence-electron chi connectivity index (χ0n) is 18.3. The lowest BCUT2D eigenvalue weighted by atomic mass is 10.2. The minimum Gasteiger partial charge on any atom is -0.486 e. The van der Waals surface area contributed by atoms with Crippen molar-refractivity contribution in [3.05, 3.63) is 51.5 Å². The first-order valence-electron chi connectivity index (χ1n) is 10.6. The van der Waals surface area contributed by atoms with E-state index < -0.39 is 21.0 Å². The molecule has 2 heterocycles. The Hall–Kier alpha value is -2.93. The third kappa shape index (κ3) is 4.94. The highest BCUT2D eigenvalue weighted by molar-refractivity contribution is 7.89. The van der Waals surface area contributed by atoms with Gasteiger partial charge in [0.1, 0.15) is 13.2 Å². The van der Waals surface area contributed by atoms with E-state index in [9.17, 15) is 23.3 Å². The Labute approximate surface area is 201 Å². The number of nitro benzene ring substituents is 1. The summed E-state index contributed by atoms with van der Waals surface area (Å²) in [6.45, 7) is 3.63. The van der Waals surface area contributed by atoms with Gasteiger partial charge in [0, 0.05) is 44.4 Å². The van der Waals surface area contributed by atoms with E-state index in [1.54, 1.807) is 13.0 Å². The molecule has 0 bridgehead atoms. The van der Waals surface area contributed by atoms with E-state index in [0.717, 1.165) is 0 Å². The van der Waals surface area contributed by atoms with E-state index >= 15 is 0 Å². The highest BCUT2D eigenvalue weighted by Gasteiger charge is 2.32. The molecule has 1 saturated heterocycles. The molecular weight excluding hydrogens is 488 g/mol. The summed E-state index contributed by atoms with van der Waals surface area (Å²) < 4.78 is 38.5. The number of halogens is 1. The number of amides is 1. The van der Waals surface area contributed by atoms with Gasteiger partial charge in [-0.2, -0.15) is 4.31 Å². The van der Waals surface area contributed by atoms with E-state index in [1.165, 1.54) is 34.6 Å². The number of nitrogens with one attached hydrogen (secondary N) is 1. The summed E-state index contributed by atoms with van der Waals surface area (Å²) in [4.78, 5) is 25.0. The lowest BCUT2D eigenvalue weighted by molar-refractivity contribution is -0.384. The third-order valence-electron chi connectivity index (χ3n) is 5.77. The average Bonchev–Trinajstić information content (AvgIpc) is 2.84. The second kappa shape index (κ2) is 9.74. The highest BCUT2D eigenvalue weighted by atomic mass is 35.5. The summed E-state index contributed by atoms with van der Waals surface area (Å²) in [5.41, 5.74) is 0.0929. The number of piperazine rings is 1. The maximum Gasteiger partial charge on any atom is 0.271 e. The summed E-state index contributed by atoms with van der Waals surface area (Å²) in [5, 5.41) is 13.6. The molecule has 2 aliphatic rings. The summed E-state index contributed by atoms with van der Waals surface area (Å²) in [6.07, 6.45) is 0. The molecule has 1 fully saturated rings. The van der Waals surface area contributed by atoms with Crippen LogP contribution in [0.2, 0.25) is 5.02 Å². The topological polar surface area (TPSA) is 131 Å². The fourth-order valence-electron chi connectivity index (χ4n) is 3.79. The van der Waals surface area contributed by atoms with Crippen LogP contribution >= 0.6 is 11.6 Å². The number of hydrogen-bond donors (Lipinski definition) is 1. The van der Waals surface area contributed by atoms with Gasteiger partial charge in [0.05, 0.1) is 26.6 Å². The van der Waals surface area contributed by atoms with Crippen molar-refractivity contribution in [2.24, 2.45) is 0 Å². The highest BCUT2D eigenvalue weighted by Crippen LogP contribution is 2.33. The van der Waals surface area contributed by atoms with Crippen LogP contribution in [0.1, 0.15) is 6.92 Å². The van der Waals surface area contributed by atoms with Gasteiger partial charge in [0.2, 0.25) is 15.9 Å². The molecule has 13 heteroatoms. The van der Waals surface area contributed by atoms with Crippen LogP contribution in [0.5, 0.6) is 11.5 Å². The fraction of sp³-hybridized carbons (Fsp3) is 0.381. The molecule has 0 aliphatic carbocycles. The SMILES string of the molecule is CC(C(=O)Nc1ccc([N+](=O)[O-])cc1Cl)N1CCN(S(=O)(=O)c2ccc3c(c2)OCCO3)CC1. The molecule has 4 rings (SSSR count). The van der Waals surface area contributed by atoms with Crippen LogP contribution in [0.25, 0.3) is 0 Å². The van der Waals surface area contributed by atoms with E-state index in [4.69, 9.17) is 21.1 Å². The monoisotopic (exact) mass is 510 g/mol. The predicted octanol–water partition coefficient (Wildman–Crippen LogP) is 2.35. The maximum atomic E-state index is 13.1. The number of fused-ring (bicyclic) bond motifs is 1. The zero-order valence-corrected chi connectivity index (χ0v) is 19.8. The molecular formula is C21H23ClN4O7S. The first kappa shape index (κ1) is 24.2. The normalized spacial score (nSPS) is 17.7. The largest absolute Gasteiger partial charge is 0.486 e. The Morgan fingerprint density at radius 3 is 2.41 bits per heavy atom. The van der Waals surface area contributed by atoms with E-state index in [0.29, 0.717) is 37.8 Å². The number of nitro groups is 1. The van der Waals surface area contributed by atoms with Crippen molar-refractivity contribution in [3.63, 3.8) is 0 Å². The summed E-state index contributed by atoms with van der Waals surface area (Å²) in [7, 11) is -3.73. The van der Waals surface area contributed by atoms with Crippen LogP contribution in [-0.2, 0) is 14.8 Å². The summed E-state index contributed by atoms with van der Waals surface area (Å²) >= 11 is 6.06. The maximum absolute atomic E-state index is 13.1. The number of rotatable bonds is 6. The standard InChI is InChI=1S/C21H23ClN4O7S/c1-14(21(27)23-18-4-2-15(26(28)29)12-17(18)22)24-6-8-25(9-7-24)34(30,31)16-3-5-19-20(13-16)33-11-10-32-19/h2-5,12-14H,6-11H2,1H3,(H,23,27). The third-order valence-corrected chi connectivity index (χ3v) is 7.98. The van der Waals surface area contributed by atoms with Crippen molar-refractivity contribution >= 4 is 38.9 Å². The van der Waals surface area contributed by atoms with Crippen molar-refractivity contribution in [1.29, 1.82) is 0 Å². The van der Waals surface area contributed by atoms with Crippen molar-refractivity contribution in [3.8, 4) is 11.5 Å². The predicted molar refractivity (Wildman–Crippen MR) is 124 cm³/mol. The Bertz CT molecular complexity index is 1220. The number of ether oxygens (including phenoxy) is 2. The smallest absolute Gasteiger partial charge is 0.271 e. The molecule has 0 saturated carbocycles. The van der Waals surface area contributed by atoms with E-state index in [-0.39, 0.29) is 40.3 Å². The molecule has 1 unspecified atom stereocenters. The van der Waals surface area contributed by atoms with Crippen LogP contribution in [0, 0.1) is 10.1 Å².